The van der Waals surface area contributed by atoms with Crippen molar-refractivity contribution in [3.63, 3.8) is 0 Å². The molecule has 6 rings (SSSR count). The first-order valence-corrected chi connectivity index (χ1v) is 26.2. The maximum atomic E-state index is 13.9. The maximum Gasteiger partial charge on any atom is 0.461 e. The summed E-state index contributed by atoms with van der Waals surface area (Å²) in [6.07, 6.45) is -16.9. The van der Waals surface area contributed by atoms with E-state index in [0.717, 1.165) is 24.3 Å². The van der Waals surface area contributed by atoms with E-state index < -0.39 is 88.9 Å². The van der Waals surface area contributed by atoms with E-state index in [4.69, 9.17) is 14.2 Å². The molecule has 0 radical (unpaired) electrons. The standard InChI is InChI=1S/C27H33F4NO6S.C24H27F4NO5S/c1-25(2,3)38-24(33)26(13-15-32(16-14-26)17-18-36-4)39(34,35)22-11-7-20(8-12-22)19-5-9-21(10-6-19)37-27(30,31)23(28)29;1-22(2,3)34-21(30)23(12-14-29-15-13-23)35(31,32)19-10-6-17(7-11-19)16-4-8-18(9-5-16)33-24(27,28)20(25)26/h5-12,23H,13-18H2,1-4H3;4-11,20,29H,12-15H2,1-3H3. The molecule has 0 spiro atoms. The summed E-state index contributed by atoms with van der Waals surface area (Å²) in [5, 5.41) is 3.07. The number of carbonyl (C=O) groups is 2. The fraction of sp³-hybridized carbons (Fsp3) is 0.490. The number of ether oxygens (including phenoxy) is 5. The van der Waals surface area contributed by atoms with Gasteiger partial charge in [-0.3, -0.25) is 9.59 Å². The van der Waals surface area contributed by atoms with Crippen LogP contribution in [0, 0.1) is 0 Å². The van der Waals surface area contributed by atoms with Crippen LogP contribution in [-0.4, -0.2) is 126 Å². The number of hydrogen-bond acceptors (Lipinski definition) is 13. The predicted molar refractivity (Wildman–Crippen MR) is 258 cm³/mol. The molecule has 74 heavy (non-hydrogen) atoms. The Bertz CT molecular complexity index is 2740. The third-order valence-electron chi connectivity index (χ3n) is 12.0. The second-order valence-corrected chi connectivity index (χ2v) is 24.1. The number of methoxy groups -OCH3 is 1. The first-order chi connectivity index (χ1) is 34.3. The number of esters is 2. The van der Waals surface area contributed by atoms with E-state index in [1.807, 2.05) is 4.90 Å². The van der Waals surface area contributed by atoms with Gasteiger partial charge in [-0.1, -0.05) is 48.5 Å². The van der Waals surface area contributed by atoms with Gasteiger partial charge in [0.15, 0.2) is 29.2 Å². The molecule has 408 valence electrons. The Hall–Kier alpha value is -5.36. The van der Waals surface area contributed by atoms with Crippen LogP contribution in [0.15, 0.2) is 107 Å². The first-order valence-electron chi connectivity index (χ1n) is 23.3. The molecular weight excluding hydrogens is 1030 g/mol. The van der Waals surface area contributed by atoms with Gasteiger partial charge in [0.1, 0.15) is 22.7 Å². The van der Waals surface area contributed by atoms with E-state index in [-0.39, 0.29) is 35.5 Å². The summed E-state index contributed by atoms with van der Waals surface area (Å²) in [5.41, 5.74) is 0.384. The van der Waals surface area contributed by atoms with Gasteiger partial charge in [0.2, 0.25) is 0 Å². The quantitative estimate of drug-likeness (QED) is 0.0786. The summed E-state index contributed by atoms with van der Waals surface area (Å²) >= 11 is 0. The van der Waals surface area contributed by atoms with Crippen LogP contribution >= 0.6 is 0 Å². The normalized spacial score (nSPS) is 16.7. The van der Waals surface area contributed by atoms with Crippen LogP contribution in [0.5, 0.6) is 11.5 Å². The molecule has 0 atom stereocenters. The molecule has 2 saturated heterocycles. The molecule has 2 fully saturated rings. The molecule has 4 aromatic rings. The molecule has 0 saturated carbocycles. The Kier molecular flexibility index (Phi) is 18.7. The highest BCUT2D eigenvalue weighted by Crippen LogP contribution is 2.40. The van der Waals surface area contributed by atoms with Gasteiger partial charge in [-0.2, -0.15) is 35.1 Å². The fourth-order valence-corrected chi connectivity index (χ4v) is 11.9. The van der Waals surface area contributed by atoms with Gasteiger partial charge in [-0.25, -0.2) is 16.8 Å². The van der Waals surface area contributed by atoms with Crippen LogP contribution in [0.4, 0.5) is 35.1 Å². The number of rotatable bonds is 17. The second-order valence-electron chi connectivity index (χ2n) is 19.6. The van der Waals surface area contributed by atoms with Crippen molar-refractivity contribution >= 4 is 31.6 Å². The van der Waals surface area contributed by atoms with Crippen molar-refractivity contribution in [2.75, 3.05) is 46.4 Å². The van der Waals surface area contributed by atoms with Crippen LogP contribution < -0.4 is 14.8 Å². The zero-order chi connectivity index (χ0) is 55.1. The van der Waals surface area contributed by atoms with Crippen LogP contribution in [0.3, 0.4) is 0 Å². The van der Waals surface area contributed by atoms with Gasteiger partial charge in [0.05, 0.1) is 16.4 Å². The lowest BCUT2D eigenvalue weighted by molar-refractivity contribution is -0.253. The lowest BCUT2D eigenvalue weighted by atomic mass is 9.95. The number of nitrogens with zero attached hydrogens (tertiary/aromatic N) is 1. The van der Waals surface area contributed by atoms with Crippen LogP contribution in [0.2, 0.25) is 0 Å². The van der Waals surface area contributed by atoms with E-state index in [1.165, 1.54) is 72.8 Å². The topological polar surface area (TPSA) is 164 Å². The van der Waals surface area contributed by atoms with E-state index in [1.54, 1.807) is 48.7 Å². The highest BCUT2D eigenvalue weighted by Gasteiger charge is 2.56. The Morgan fingerprint density at radius 2 is 0.865 bits per heavy atom. The number of sulfone groups is 2. The zero-order valence-corrected chi connectivity index (χ0v) is 43.4. The summed E-state index contributed by atoms with van der Waals surface area (Å²) in [6.45, 7) is 12.6. The summed E-state index contributed by atoms with van der Waals surface area (Å²) in [6, 6.07) is 21.6. The van der Waals surface area contributed by atoms with Crippen molar-refractivity contribution in [3.8, 4) is 33.8 Å². The van der Waals surface area contributed by atoms with Gasteiger partial charge in [0.25, 0.3) is 0 Å². The summed E-state index contributed by atoms with van der Waals surface area (Å²) in [4.78, 5) is 28.4. The van der Waals surface area contributed by atoms with E-state index >= 15 is 0 Å². The highest BCUT2D eigenvalue weighted by molar-refractivity contribution is 7.94. The van der Waals surface area contributed by atoms with Crippen molar-refractivity contribution < 1.29 is 85.2 Å². The van der Waals surface area contributed by atoms with Crippen molar-refractivity contribution in [2.24, 2.45) is 0 Å². The molecule has 0 bridgehead atoms. The molecule has 0 unspecified atom stereocenters. The van der Waals surface area contributed by atoms with E-state index in [0.29, 0.717) is 61.6 Å². The average Bonchev–Trinajstić information content (AvgIpc) is 3.33. The molecule has 2 aliphatic heterocycles. The fourth-order valence-electron chi connectivity index (χ4n) is 8.03. The monoisotopic (exact) mass is 1090 g/mol. The molecule has 23 heteroatoms. The maximum absolute atomic E-state index is 13.9. The number of nitrogens with one attached hydrogen (secondary N) is 1. The Labute approximate surface area is 425 Å². The van der Waals surface area contributed by atoms with E-state index in [2.05, 4.69) is 14.8 Å². The summed E-state index contributed by atoms with van der Waals surface area (Å²) in [7, 11) is -6.72. The van der Waals surface area contributed by atoms with Crippen molar-refractivity contribution in [1.29, 1.82) is 0 Å². The summed E-state index contributed by atoms with van der Waals surface area (Å²) in [5.74, 6) is -2.46. The molecule has 1 N–H and O–H groups in total. The molecule has 0 aliphatic carbocycles. The molecular formula is C51H60F8N2O11S2. The number of hydrogen-bond donors (Lipinski definition) is 1. The summed E-state index contributed by atoms with van der Waals surface area (Å²) < 4.78 is 178. The molecule has 2 heterocycles. The van der Waals surface area contributed by atoms with Gasteiger partial charge in [0, 0.05) is 26.7 Å². The Morgan fingerprint density at radius 1 is 0.554 bits per heavy atom. The number of piperidine rings is 2. The number of carbonyl (C=O) groups excluding carboxylic acids is 2. The minimum Gasteiger partial charge on any atom is -0.459 e. The lowest BCUT2D eigenvalue weighted by Gasteiger charge is -2.40. The molecule has 2 aliphatic rings. The average molecular weight is 1090 g/mol. The van der Waals surface area contributed by atoms with Gasteiger partial charge < -0.3 is 33.9 Å². The van der Waals surface area contributed by atoms with Crippen LogP contribution in [0.1, 0.15) is 67.2 Å². The third-order valence-corrected chi connectivity index (χ3v) is 17.0. The van der Waals surface area contributed by atoms with Crippen LogP contribution in [-0.2, 0) is 43.5 Å². The molecule has 13 nitrogen and oxygen atoms in total. The Balaban J connectivity index is 0.000000276. The molecule has 4 aromatic carbocycles. The predicted octanol–water partition coefficient (Wildman–Crippen LogP) is 10.0. The van der Waals surface area contributed by atoms with Crippen molar-refractivity contribution in [1.82, 2.24) is 10.2 Å². The molecule has 0 aromatic heterocycles. The number of benzene rings is 4. The third kappa shape index (κ3) is 14.1. The molecule has 0 amide bonds. The highest BCUT2D eigenvalue weighted by atomic mass is 32.2. The zero-order valence-electron chi connectivity index (χ0n) is 41.7. The van der Waals surface area contributed by atoms with Crippen molar-refractivity contribution in [3.05, 3.63) is 97.1 Å². The largest absolute Gasteiger partial charge is 0.461 e. The van der Waals surface area contributed by atoms with Gasteiger partial charge in [-0.05, 0) is 151 Å². The van der Waals surface area contributed by atoms with Crippen molar-refractivity contribution in [2.45, 2.75) is 123 Å². The first kappa shape index (κ1) is 59.5. The minimum atomic E-state index is -4.62. The number of likely N-dealkylation sites (tertiary alicyclic amines) is 1. The second kappa shape index (κ2) is 23.3. The van der Waals surface area contributed by atoms with Crippen LogP contribution in [0.25, 0.3) is 22.3 Å². The van der Waals surface area contributed by atoms with Gasteiger partial charge >= 0.3 is 37.0 Å². The lowest BCUT2D eigenvalue weighted by Crippen LogP contribution is -2.56. The smallest absolute Gasteiger partial charge is 0.459 e. The number of halogens is 8. The Morgan fingerprint density at radius 3 is 1.16 bits per heavy atom. The number of alkyl halides is 8. The minimum absolute atomic E-state index is 0.0504. The van der Waals surface area contributed by atoms with E-state index in [9.17, 15) is 61.5 Å². The SMILES string of the molecule is CC(C)(C)OC(=O)C1(S(=O)(=O)c2ccc(-c3ccc(OC(F)(F)C(F)F)cc3)cc2)CCNCC1.COCCN1CCC(C(=O)OC(C)(C)C)(S(=O)(=O)c2ccc(-c3ccc(OC(F)(F)C(F)F)cc3)cc2)CC1. The van der Waals surface area contributed by atoms with Gasteiger partial charge in [-0.15, -0.1) is 0 Å².